The van der Waals surface area contributed by atoms with Crippen molar-refractivity contribution in [2.24, 2.45) is 0 Å². The van der Waals surface area contributed by atoms with Gasteiger partial charge in [-0.25, -0.2) is 0 Å². The normalized spacial score (nSPS) is 11.4. The first-order valence-electron chi connectivity index (χ1n) is 5.53. The monoisotopic (exact) mass is 204 g/mol. The van der Waals surface area contributed by atoms with Gasteiger partial charge in [0.15, 0.2) is 0 Å². The van der Waals surface area contributed by atoms with E-state index in [9.17, 15) is 5.11 Å². The highest BCUT2D eigenvalue weighted by atomic mass is 16.3. The average molecular weight is 204 g/mol. The zero-order chi connectivity index (χ0) is 11.5. The molecule has 82 valence electrons. The van der Waals surface area contributed by atoms with Crippen LogP contribution in [0, 0.1) is 6.92 Å². The second kappa shape index (κ2) is 4.52. The topological polar surface area (TPSA) is 20.2 Å². The first-order valence-corrected chi connectivity index (χ1v) is 5.53. The molecule has 0 aliphatic carbocycles. The van der Waals surface area contributed by atoms with E-state index < -0.39 is 0 Å². The number of allylic oxidation sites excluding steroid dienone is 1. The van der Waals surface area contributed by atoms with Crippen molar-refractivity contribution >= 4 is 0 Å². The maximum Gasteiger partial charge on any atom is 0.118 e. The fraction of sp³-hybridized carbons (Fsp3) is 0.429. The number of phenols is 1. The Morgan fingerprint density at radius 1 is 1.33 bits per heavy atom. The Kier molecular flexibility index (Phi) is 3.57. The highest BCUT2D eigenvalue weighted by Crippen LogP contribution is 2.34. The Labute approximate surface area is 92.5 Å². The maximum absolute atomic E-state index is 9.50. The van der Waals surface area contributed by atoms with Crippen LogP contribution in [-0.2, 0) is 5.41 Å². The summed E-state index contributed by atoms with van der Waals surface area (Å²) >= 11 is 0. The van der Waals surface area contributed by atoms with Crippen molar-refractivity contribution in [1.29, 1.82) is 0 Å². The first-order chi connectivity index (χ1) is 7.09. The fourth-order valence-corrected chi connectivity index (χ4v) is 2.03. The molecule has 0 fully saturated rings. The number of hydrogen-bond acceptors (Lipinski definition) is 1. The molecule has 0 saturated carbocycles. The molecule has 1 aromatic rings. The van der Waals surface area contributed by atoms with Crippen LogP contribution in [0.5, 0.6) is 5.75 Å². The summed E-state index contributed by atoms with van der Waals surface area (Å²) in [5, 5.41) is 9.50. The summed E-state index contributed by atoms with van der Waals surface area (Å²) in [5.74, 6) is 0.365. The molecule has 0 atom stereocenters. The summed E-state index contributed by atoms with van der Waals surface area (Å²) in [5.41, 5.74) is 2.23. The van der Waals surface area contributed by atoms with E-state index in [1.54, 1.807) is 6.07 Å². The molecule has 1 heteroatoms. The lowest BCUT2D eigenvalue weighted by molar-refractivity contribution is 0.466. The lowest BCUT2D eigenvalue weighted by Gasteiger charge is -2.29. The van der Waals surface area contributed by atoms with Crippen molar-refractivity contribution in [1.82, 2.24) is 0 Å². The number of aromatic hydroxyl groups is 1. The number of benzene rings is 1. The number of aryl methyl sites for hydroxylation is 1. The quantitative estimate of drug-likeness (QED) is 0.736. The molecule has 0 radical (unpaired) electrons. The van der Waals surface area contributed by atoms with Crippen LogP contribution in [0.15, 0.2) is 30.9 Å². The Hall–Kier alpha value is -1.24. The van der Waals surface area contributed by atoms with Gasteiger partial charge in [0.2, 0.25) is 0 Å². The van der Waals surface area contributed by atoms with Crippen LogP contribution in [-0.4, -0.2) is 5.11 Å². The SMILES string of the molecule is C=CC(CC)(CC)c1ccc(O)c(C)c1. The molecule has 1 rings (SSSR count). The van der Waals surface area contributed by atoms with Crippen LogP contribution < -0.4 is 0 Å². The van der Waals surface area contributed by atoms with Gasteiger partial charge >= 0.3 is 0 Å². The van der Waals surface area contributed by atoms with Crippen molar-refractivity contribution in [3.8, 4) is 5.75 Å². The molecule has 0 aliphatic rings. The predicted octanol–water partition coefficient (Wildman–Crippen LogP) is 3.94. The molecule has 0 unspecified atom stereocenters. The van der Waals surface area contributed by atoms with Gasteiger partial charge < -0.3 is 5.11 Å². The standard InChI is InChI=1S/C14H20O/c1-5-14(6-2,7-3)12-8-9-13(15)11(4)10-12/h5,8-10,15H,1,6-7H2,2-4H3. The molecular formula is C14H20O. The minimum Gasteiger partial charge on any atom is -0.508 e. The maximum atomic E-state index is 9.50. The Morgan fingerprint density at radius 2 is 1.93 bits per heavy atom. The average Bonchev–Trinajstić information content (AvgIpc) is 2.26. The number of rotatable bonds is 4. The van der Waals surface area contributed by atoms with Gasteiger partial charge in [-0.3, -0.25) is 0 Å². The zero-order valence-corrected chi connectivity index (χ0v) is 9.88. The van der Waals surface area contributed by atoms with E-state index in [2.05, 4.69) is 26.5 Å². The Morgan fingerprint density at radius 3 is 2.33 bits per heavy atom. The van der Waals surface area contributed by atoms with Crippen LogP contribution >= 0.6 is 0 Å². The smallest absolute Gasteiger partial charge is 0.118 e. The molecule has 0 heterocycles. The van der Waals surface area contributed by atoms with E-state index in [1.807, 2.05) is 19.1 Å². The summed E-state index contributed by atoms with van der Waals surface area (Å²) in [6.45, 7) is 10.2. The van der Waals surface area contributed by atoms with E-state index in [0.717, 1.165) is 18.4 Å². The number of hydrogen-bond donors (Lipinski definition) is 1. The molecular weight excluding hydrogens is 184 g/mol. The van der Waals surface area contributed by atoms with E-state index in [0.29, 0.717) is 5.75 Å². The van der Waals surface area contributed by atoms with Gasteiger partial charge in [0.25, 0.3) is 0 Å². The zero-order valence-electron chi connectivity index (χ0n) is 9.88. The van der Waals surface area contributed by atoms with Crippen LogP contribution in [0.4, 0.5) is 0 Å². The van der Waals surface area contributed by atoms with Gasteiger partial charge in [0.1, 0.15) is 5.75 Å². The molecule has 0 spiro atoms. The Balaban J connectivity index is 3.23. The van der Waals surface area contributed by atoms with Gasteiger partial charge in [-0.2, -0.15) is 0 Å². The summed E-state index contributed by atoms with van der Waals surface area (Å²) in [6, 6.07) is 5.83. The predicted molar refractivity (Wildman–Crippen MR) is 65.3 cm³/mol. The third-order valence-electron chi connectivity index (χ3n) is 3.42. The van der Waals surface area contributed by atoms with Crippen LogP contribution in [0.1, 0.15) is 37.8 Å². The fourth-order valence-electron chi connectivity index (χ4n) is 2.03. The van der Waals surface area contributed by atoms with Crippen LogP contribution in [0.25, 0.3) is 0 Å². The summed E-state index contributed by atoms with van der Waals surface area (Å²) in [7, 11) is 0. The van der Waals surface area contributed by atoms with E-state index in [-0.39, 0.29) is 5.41 Å². The lowest BCUT2D eigenvalue weighted by atomic mass is 9.75. The minimum absolute atomic E-state index is 0.0540. The largest absolute Gasteiger partial charge is 0.508 e. The highest BCUT2D eigenvalue weighted by Gasteiger charge is 2.24. The highest BCUT2D eigenvalue weighted by molar-refractivity contribution is 5.40. The van der Waals surface area contributed by atoms with Gasteiger partial charge in [-0.1, -0.05) is 32.1 Å². The van der Waals surface area contributed by atoms with Crippen molar-refractivity contribution < 1.29 is 5.11 Å². The van der Waals surface area contributed by atoms with Crippen LogP contribution in [0.3, 0.4) is 0 Å². The third kappa shape index (κ3) is 2.06. The van der Waals surface area contributed by atoms with Crippen molar-refractivity contribution in [3.63, 3.8) is 0 Å². The molecule has 15 heavy (non-hydrogen) atoms. The molecule has 0 aromatic heterocycles. The molecule has 0 aliphatic heterocycles. The lowest BCUT2D eigenvalue weighted by Crippen LogP contribution is -2.21. The van der Waals surface area contributed by atoms with Gasteiger partial charge in [-0.05, 0) is 37.0 Å². The van der Waals surface area contributed by atoms with E-state index in [1.165, 1.54) is 5.56 Å². The van der Waals surface area contributed by atoms with Crippen molar-refractivity contribution in [2.45, 2.75) is 39.0 Å². The summed E-state index contributed by atoms with van der Waals surface area (Å²) in [4.78, 5) is 0. The second-order valence-corrected chi connectivity index (χ2v) is 4.07. The first kappa shape index (κ1) is 11.8. The summed E-state index contributed by atoms with van der Waals surface area (Å²) in [6.07, 6.45) is 4.10. The molecule has 0 saturated heterocycles. The molecule has 1 nitrogen and oxygen atoms in total. The summed E-state index contributed by atoms with van der Waals surface area (Å²) < 4.78 is 0. The Bertz CT molecular complexity index is 348. The van der Waals surface area contributed by atoms with Crippen molar-refractivity contribution in [3.05, 3.63) is 42.0 Å². The molecule has 1 N–H and O–H groups in total. The molecule has 1 aromatic carbocycles. The van der Waals surface area contributed by atoms with E-state index in [4.69, 9.17) is 0 Å². The van der Waals surface area contributed by atoms with E-state index >= 15 is 0 Å². The van der Waals surface area contributed by atoms with Gasteiger partial charge in [0.05, 0.1) is 0 Å². The molecule has 0 bridgehead atoms. The minimum atomic E-state index is 0.0540. The van der Waals surface area contributed by atoms with Gasteiger partial charge in [0, 0.05) is 5.41 Å². The second-order valence-electron chi connectivity index (χ2n) is 4.07. The molecule has 0 amide bonds. The third-order valence-corrected chi connectivity index (χ3v) is 3.42. The van der Waals surface area contributed by atoms with Crippen LogP contribution in [0.2, 0.25) is 0 Å². The van der Waals surface area contributed by atoms with Gasteiger partial charge in [-0.15, -0.1) is 6.58 Å². The van der Waals surface area contributed by atoms with Crippen molar-refractivity contribution in [2.75, 3.05) is 0 Å². The number of phenolic OH excluding ortho intramolecular Hbond substituents is 1.